The van der Waals surface area contributed by atoms with Crippen molar-refractivity contribution < 1.29 is 20.1 Å². The van der Waals surface area contributed by atoms with E-state index in [1.807, 2.05) is 6.08 Å². The molecule has 3 N–H and O–H groups in total. The summed E-state index contributed by atoms with van der Waals surface area (Å²) >= 11 is 0. The average molecular weight is 336 g/mol. The minimum absolute atomic E-state index is 0.121. The van der Waals surface area contributed by atoms with Gasteiger partial charge >= 0.3 is 5.97 Å². The molecule has 0 aliphatic heterocycles. The minimum Gasteiger partial charge on any atom is -0.481 e. The van der Waals surface area contributed by atoms with Gasteiger partial charge in [0.2, 0.25) is 0 Å². The molecule has 24 heavy (non-hydrogen) atoms. The second-order valence-electron chi connectivity index (χ2n) is 6.73. The highest BCUT2D eigenvalue weighted by Crippen LogP contribution is 2.35. The molecule has 136 valence electrons. The van der Waals surface area contributed by atoms with Gasteiger partial charge in [-0.15, -0.1) is 11.8 Å². The molecule has 4 atom stereocenters. The largest absolute Gasteiger partial charge is 0.481 e. The maximum atomic E-state index is 10.4. The van der Waals surface area contributed by atoms with E-state index in [9.17, 15) is 15.0 Å². The number of allylic oxidation sites excluding steroid dienone is 1. The van der Waals surface area contributed by atoms with Crippen LogP contribution in [0.5, 0.6) is 0 Å². The standard InChI is InChI=1S/C20H32O4/c1-2-3-6-9-17(21)14-12-16-13-15-19(22)18(16)10-7-4-5-8-11-20(23)24/h12,14,16-19,21-22H,2-3,5-6,8-11,13,15H2,1H3,(H,23,24)/b14-12+. The van der Waals surface area contributed by atoms with E-state index in [1.54, 1.807) is 0 Å². The summed E-state index contributed by atoms with van der Waals surface area (Å²) in [5.74, 6) is 5.71. The monoisotopic (exact) mass is 336 g/mol. The third-order valence-corrected chi connectivity index (χ3v) is 4.68. The predicted molar refractivity (Wildman–Crippen MR) is 95.4 cm³/mol. The average Bonchev–Trinajstić information content (AvgIpc) is 2.89. The Bertz CT molecular complexity index is 446. The summed E-state index contributed by atoms with van der Waals surface area (Å²) < 4.78 is 0. The summed E-state index contributed by atoms with van der Waals surface area (Å²) in [5.41, 5.74) is 0. The fourth-order valence-electron chi connectivity index (χ4n) is 3.18. The lowest BCUT2D eigenvalue weighted by molar-refractivity contribution is -0.137. The summed E-state index contributed by atoms with van der Waals surface area (Å²) in [6.07, 6.45) is 11.0. The number of unbranched alkanes of at least 4 members (excludes halogenated alkanes) is 3. The Hall–Kier alpha value is -1.31. The van der Waals surface area contributed by atoms with Crippen molar-refractivity contribution in [3.63, 3.8) is 0 Å². The Balaban J connectivity index is 2.38. The van der Waals surface area contributed by atoms with Crippen LogP contribution in [0.1, 0.15) is 71.1 Å². The summed E-state index contributed by atoms with van der Waals surface area (Å²) in [5, 5.41) is 28.7. The number of aliphatic hydroxyl groups excluding tert-OH is 2. The maximum Gasteiger partial charge on any atom is 0.303 e. The number of carboxylic acid groups (broad SMARTS) is 1. The number of aliphatic carboxylic acids is 1. The van der Waals surface area contributed by atoms with Gasteiger partial charge in [0.25, 0.3) is 0 Å². The molecule has 0 aromatic heterocycles. The van der Waals surface area contributed by atoms with Crippen LogP contribution in [-0.2, 0) is 4.79 Å². The fraction of sp³-hybridized carbons (Fsp3) is 0.750. The van der Waals surface area contributed by atoms with Gasteiger partial charge in [-0.2, -0.15) is 0 Å². The molecule has 4 unspecified atom stereocenters. The van der Waals surface area contributed by atoms with E-state index in [1.165, 1.54) is 0 Å². The van der Waals surface area contributed by atoms with E-state index in [-0.39, 0.29) is 24.4 Å². The number of hydrogen-bond acceptors (Lipinski definition) is 3. The highest BCUT2D eigenvalue weighted by atomic mass is 16.4. The second kappa shape index (κ2) is 12.1. The molecule has 0 amide bonds. The molecule has 0 saturated heterocycles. The normalized spacial score (nSPS) is 24.7. The third kappa shape index (κ3) is 8.52. The first-order valence-electron chi connectivity index (χ1n) is 9.26. The van der Waals surface area contributed by atoms with Gasteiger partial charge in [-0.3, -0.25) is 4.79 Å². The summed E-state index contributed by atoms with van der Waals surface area (Å²) in [7, 11) is 0. The van der Waals surface area contributed by atoms with Crippen molar-refractivity contribution in [2.45, 2.75) is 83.3 Å². The van der Waals surface area contributed by atoms with Crippen molar-refractivity contribution in [3.05, 3.63) is 12.2 Å². The molecular weight excluding hydrogens is 304 g/mol. The Morgan fingerprint density at radius 2 is 2.04 bits per heavy atom. The van der Waals surface area contributed by atoms with Gasteiger partial charge in [-0.05, 0) is 31.6 Å². The van der Waals surface area contributed by atoms with Crippen molar-refractivity contribution in [1.82, 2.24) is 0 Å². The molecule has 1 aliphatic rings. The lowest BCUT2D eigenvalue weighted by Gasteiger charge is -2.17. The number of carboxylic acids is 1. The molecule has 1 aliphatic carbocycles. The molecule has 1 rings (SSSR count). The smallest absolute Gasteiger partial charge is 0.303 e. The third-order valence-electron chi connectivity index (χ3n) is 4.68. The van der Waals surface area contributed by atoms with Crippen LogP contribution in [0.4, 0.5) is 0 Å². The zero-order valence-electron chi connectivity index (χ0n) is 14.8. The van der Waals surface area contributed by atoms with E-state index in [0.717, 1.165) is 38.5 Å². The molecule has 1 fully saturated rings. The number of rotatable bonds is 10. The topological polar surface area (TPSA) is 77.8 Å². The van der Waals surface area contributed by atoms with Crippen LogP contribution in [-0.4, -0.2) is 33.5 Å². The molecular formula is C20H32O4. The SMILES string of the molecule is CCCCCC(O)/C=C/C1CCC(O)C1CC#CCCCC(=O)O. The van der Waals surface area contributed by atoms with Crippen LogP contribution in [0.2, 0.25) is 0 Å². The Morgan fingerprint density at radius 3 is 2.75 bits per heavy atom. The van der Waals surface area contributed by atoms with Gasteiger partial charge in [0, 0.05) is 25.2 Å². The van der Waals surface area contributed by atoms with Crippen LogP contribution in [0.15, 0.2) is 12.2 Å². The summed E-state index contributed by atoms with van der Waals surface area (Å²) in [6, 6.07) is 0. The summed E-state index contributed by atoms with van der Waals surface area (Å²) in [4.78, 5) is 10.4. The van der Waals surface area contributed by atoms with Crippen LogP contribution < -0.4 is 0 Å². The molecule has 1 saturated carbocycles. The second-order valence-corrected chi connectivity index (χ2v) is 6.73. The van der Waals surface area contributed by atoms with Gasteiger partial charge in [-0.1, -0.05) is 38.3 Å². The Kier molecular flexibility index (Phi) is 10.5. The van der Waals surface area contributed by atoms with Crippen molar-refractivity contribution in [3.8, 4) is 11.8 Å². The molecule has 0 spiro atoms. The summed E-state index contributed by atoms with van der Waals surface area (Å²) in [6.45, 7) is 2.15. The first-order valence-corrected chi connectivity index (χ1v) is 9.26. The first-order chi connectivity index (χ1) is 11.5. The number of carbonyl (C=O) groups is 1. The first kappa shape index (κ1) is 20.7. The lowest BCUT2D eigenvalue weighted by Crippen LogP contribution is -2.17. The van der Waals surface area contributed by atoms with Crippen molar-refractivity contribution in [2.75, 3.05) is 0 Å². The van der Waals surface area contributed by atoms with E-state index in [4.69, 9.17) is 5.11 Å². The van der Waals surface area contributed by atoms with Gasteiger partial charge in [0.05, 0.1) is 12.2 Å². The molecule has 0 aromatic carbocycles. The quantitative estimate of drug-likeness (QED) is 0.324. The highest BCUT2D eigenvalue weighted by molar-refractivity contribution is 5.66. The van der Waals surface area contributed by atoms with Gasteiger partial charge < -0.3 is 15.3 Å². The minimum atomic E-state index is -0.786. The molecule has 4 heteroatoms. The van der Waals surface area contributed by atoms with Crippen LogP contribution >= 0.6 is 0 Å². The predicted octanol–water partition coefficient (Wildman–Crippen LogP) is 3.52. The van der Waals surface area contributed by atoms with E-state index in [2.05, 4.69) is 24.8 Å². The highest BCUT2D eigenvalue weighted by Gasteiger charge is 2.32. The van der Waals surface area contributed by atoms with Crippen molar-refractivity contribution in [1.29, 1.82) is 0 Å². The van der Waals surface area contributed by atoms with E-state index < -0.39 is 12.1 Å². The zero-order valence-corrected chi connectivity index (χ0v) is 14.8. The van der Waals surface area contributed by atoms with Gasteiger partial charge in [0.15, 0.2) is 0 Å². The van der Waals surface area contributed by atoms with Crippen molar-refractivity contribution >= 4 is 5.97 Å². The van der Waals surface area contributed by atoms with Crippen LogP contribution in [0.3, 0.4) is 0 Å². The van der Waals surface area contributed by atoms with Gasteiger partial charge in [-0.25, -0.2) is 0 Å². The Labute approximate surface area is 146 Å². The van der Waals surface area contributed by atoms with E-state index in [0.29, 0.717) is 19.3 Å². The lowest BCUT2D eigenvalue weighted by atomic mass is 9.91. The number of hydrogen-bond donors (Lipinski definition) is 3. The van der Waals surface area contributed by atoms with E-state index >= 15 is 0 Å². The molecule has 0 heterocycles. The molecule has 0 aromatic rings. The number of aliphatic hydroxyl groups is 2. The molecule has 0 bridgehead atoms. The molecule has 0 radical (unpaired) electrons. The fourth-order valence-corrected chi connectivity index (χ4v) is 3.18. The van der Waals surface area contributed by atoms with Crippen LogP contribution in [0, 0.1) is 23.7 Å². The van der Waals surface area contributed by atoms with Gasteiger partial charge in [0.1, 0.15) is 0 Å². The van der Waals surface area contributed by atoms with Crippen molar-refractivity contribution in [2.24, 2.45) is 11.8 Å². The maximum absolute atomic E-state index is 10.4. The zero-order chi connectivity index (χ0) is 17.8. The Morgan fingerprint density at radius 1 is 1.25 bits per heavy atom. The molecule has 4 nitrogen and oxygen atoms in total. The van der Waals surface area contributed by atoms with Crippen LogP contribution in [0.25, 0.3) is 0 Å².